The van der Waals surface area contributed by atoms with Gasteiger partial charge in [-0.15, -0.1) is 0 Å². The zero-order chi connectivity index (χ0) is 11.4. The normalized spacial score (nSPS) is 30.7. The second-order valence-electron chi connectivity index (χ2n) is 4.54. The molecule has 92 valence electrons. The summed E-state index contributed by atoms with van der Waals surface area (Å²) < 4.78 is 16.2. The van der Waals surface area contributed by atoms with Crippen molar-refractivity contribution in [2.45, 2.75) is 50.4 Å². The molecule has 0 aliphatic heterocycles. The highest BCUT2D eigenvalue weighted by Crippen LogP contribution is 2.29. The lowest BCUT2D eigenvalue weighted by molar-refractivity contribution is -0.174. The summed E-state index contributed by atoms with van der Waals surface area (Å²) in [6.07, 6.45) is 5.30. The van der Waals surface area contributed by atoms with Crippen molar-refractivity contribution >= 4 is 5.78 Å². The van der Waals surface area contributed by atoms with Crippen molar-refractivity contribution in [2.75, 3.05) is 20.3 Å². The van der Waals surface area contributed by atoms with Crippen LogP contribution in [0.4, 0.5) is 0 Å². The highest BCUT2D eigenvalue weighted by molar-refractivity contribution is 5.90. The van der Waals surface area contributed by atoms with E-state index in [-0.39, 0.29) is 18.0 Å². The Morgan fingerprint density at radius 2 is 2.00 bits per heavy atom. The smallest absolute Gasteiger partial charge is 0.166 e. The lowest BCUT2D eigenvalue weighted by Crippen LogP contribution is -2.51. The van der Waals surface area contributed by atoms with Gasteiger partial charge in [0, 0.05) is 13.5 Å². The van der Waals surface area contributed by atoms with Crippen LogP contribution in [0.25, 0.3) is 0 Å². The van der Waals surface area contributed by atoms with Crippen LogP contribution >= 0.6 is 0 Å². The molecule has 2 fully saturated rings. The van der Waals surface area contributed by atoms with Crippen LogP contribution in [0.3, 0.4) is 0 Å². The lowest BCUT2D eigenvalue weighted by atomic mass is 9.89. The summed E-state index contributed by atoms with van der Waals surface area (Å²) in [6.45, 7) is 0.997. The summed E-state index contributed by atoms with van der Waals surface area (Å²) in [5.41, 5.74) is 0. The first-order valence-corrected chi connectivity index (χ1v) is 6.10. The number of hydrogen-bond donors (Lipinski definition) is 0. The number of ether oxygens (including phenoxy) is 3. The zero-order valence-corrected chi connectivity index (χ0v) is 9.81. The molecule has 2 rings (SSSR count). The van der Waals surface area contributed by atoms with Gasteiger partial charge in [-0.2, -0.15) is 0 Å². The molecule has 0 amide bonds. The van der Waals surface area contributed by atoms with Gasteiger partial charge in [-0.3, -0.25) is 4.79 Å². The zero-order valence-electron chi connectivity index (χ0n) is 9.81. The Kier molecular flexibility index (Phi) is 4.32. The standard InChI is InChI=1S/C12H20O4/c1-14-6-7-15-12-10(13)8-11(12)16-9-4-2-3-5-9/h9,11-12H,2-8H2,1H3. The van der Waals surface area contributed by atoms with E-state index in [4.69, 9.17) is 14.2 Å². The number of hydrogen-bond acceptors (Lipinski definition) is 4. The average molecular weight is 228 g/mol. The number of carbonyl (C=O) groups excluding carboxylic acids is 1. The average Bonchev–Trinajstić information content (AvgIpc) is 2.76. The Hall–Kier alpha value is -0.450. The third kappa shape index (κ3) is 2.81. The number of Topliss-reactive ketones (excluding diaryl/α,β-unsaturated/α-hetero) is 1. The van der Waals surface area contributed by atoms with Gasteiger partial charge in [0.1, 0.15) is 6.10 Å². The van der Waals surface area contributed by atoms with Gasteiger partial charge in [0.25, 0.3) is 0 Å². The first-order chi connectivity index (χ1) is 7.81. The van der Waals surface area contributed by atoms with Gasteiger partial charge >= 0.3 is 0 Å². The van der Waals surface area contributed by atoms with E-state index in [0.29, 0.717) is 25.7 Å². The molecular weight excluding hydrogens is 208 g/mol. The topological polar surface area (TPSA) is 44.8 Å². The molecule has 0 N–H and O–H groups in total. The molecule has 0 aromatic heterocycles. The minimum Gasteiger partial charge on any atom is -0.382 e. The maximum absolute atomic E-state index is 11.4. The van der Waals surface area contributed by atoms with Crippen molar-refractivity contribution in [2.24, 2.45) is 0 Å². The van der Waals surface area contributed by atoms with Crippen LogP contribution in [0.2, 0.25) is 0 Å². The highest BCUT2D eigenvalue weighted by atomic mass is 16.6. The fourth-order valence-corrected chi connectivity index (χ4v) is 2.32. The van der Waals surface area contributed by atoms with Gasteiger partial charge < -0.3 is 14.2 Å². The number of carbonyl (C=O) groups is 1. The monoisotopic (exact) mass is 228 g/mol. The lowest BCUT2D eigenvalue weighted by Gasteiger charge is -2.36. The van der Waals surface area contributed by atoms with Crippen molar-refractivity contribution in [3.63, 3.8) is 0 Å². The molecule has 4 nitrogen and oxygen atoms in total. The van der Waals surface area contributed by atoms with Gasteiger partial charge in [-0.05, 0) is 12.8 Å². The molecule has 2 aliphatic carbocycles. The van der Waals surface area contributed by atoms with Crippen molar-refractivity contribution in [3.05, 3.63) is 0 Å². The summed E-state index contributed by atoms with van der Waals surface area (Å²) in [5, 5.41) is 0. The molecule has 0 radical (unpaired) electrons. The van der Waals surface area contributed by atoms with E-state index in [1.54, 1.807) is 7.11 Å². The van der Waals surface area contributed by atoms with E-state index in [1.807, 2.05) is 0 Å². The predicted molar refractivity (Wildman–Crippen MR) is 58.4 cm³/mol. The second kappa shape index (κ2) is 5.75. The molecule has 2 unspecified atom stereocenters. The van der Waals surface area contributed by atoms with Crippen molar-refractivity contribution in [3.8, 4) is 0 Å². The molecule has 2 atom stereocenters. The van der Waals surface area contributed by atoms with E-state index in [1.165, 1.54) is 12.8 Å². The second-order valence-corrected chi connectivity index (χ2v) is 4.54. The minimum absolute atomic E-state index is 0.00699. The summed E-state index contributed by atoms with van der Waals surface area (Å²) in [6, 6.07) is 0. The largest absolute Gasteiger partial charge is 0.382 e. The van der Waals surface area contributed by atoms with Gasteiger partial charge in [-0.25, -0.2) is 0 Å². The van der Waals surface area contributed by atoms with Crippen molar-refractivity contribution in [1.29, 1.82) is 0 Å². The minimum atomic E-state index is -0.337. The van der Waals surface area contributed by atoms with Crippen LogP contribution in [-0.2, 0) is 19.0 Å². The molecular formula is C12H20O4. The Bertz CT molecular complexity index is 235. The molecule has 0 bridgehead atoms. The van der Waals surface area contributed by atoms with E-state index < -0.39 is 0 Å². The predicted octanol–water partition coefficient (Wildman–Crippen LogP) is 1.32. The fourth-order valence-electron chi connectivity index (χ4n) is 2.32. The Morgan fingerprint density at radius 3 is 2.62 bits per heavy atom. The van der Waals surface area contributed by atoms with Crippen LogP contribution < -0.4 is 0 Å². The van der Waals surface area contributed by atoms with Crippen LogP contribution in [0, 0.1) is 0 Å². The molecule has 0 aromatic carbocycles. The molecule has 2 saturated carbocycles. The molecule has 2 aliphatic rings. The van der Waals surface area contributed by atoms with Gasteiger partial charge in [0.15, 0.2) is 5.78 Å². The van der Waals surface area contributed by atoms with Crippen LogP contribution in [0.5, 0.6) is 0 Å². The van der Waals surface area contributed by atoms with Crippen LogP contribution in [-0.4, -0.2) is 44.4 Å². The van der Waals surface area contributed by atoms with Crippen LogP contribution in [0.15, 0.2) is 0 Å². The maximum atomic E-state index is 11.4. The quantitative estimate of drug-likeness (QED) is 0.643. The molecule has 16 heavy (non-hydrogen) atoms. The Morgan fingerprint density at radius 1 is 1.25 bits per heavy atom. The van der Waals surface area contributed by atoms with Gasteiger partial charge in [0.2, 0.25) is 0 Å². The summed E-state index contributed by atoms with van der Waals surface area (Å²) in [4.78, 5) is 11.4. The molecule has 4 heteroatoms. The van der Waals surface area contributed by atoms with Gasteiger partial charge in [-0.1, -0.05) is 12.8 Å². The number of rotatable bonds is 6. The Balaban J connectivity index is 1.70. The van der Waals surface area contributed by atoms with Crippen LogP contribution in [0.1, 0.15) is 32.1 Å². The van der Waals surface area contributed by atoms with Gasteiger partial charge in [0.05, 0.1) is 25.4 Å². The first kappa shape index (κ1) is 12.0. The van der Waals surface area contributed by atoms with Crippen molar-refractivity contribution in [1.82, 2.24) is 0 Å². The third-order valence-electron chi connectivity index (χ3n) is 3.31. The molecule has 0 aromatic rings. The maximum Gasteiger partial charge on any atom is 0.166 e. The van der Waals surface area contributed by atoms with E-state index in [0.717, 1.165) is 12.8 Å². The van der Waals surface area contributed by atoms with E-state index >= 15 is 0 Å². The molecule has 0 saturated heterocycles. The van der Waals surface area contributed by atoms with E-state index in [9.17, 15) is 4.79 Å². The highest BCUT2D eigenvalue weighted by Gasteiger charge is 2.43. The van der Waals surface area contributed by atoms with Crippen molar-refractivity contribution < 1.29 is 19.0 Å². The number of methoxy groups -OCH3 is 1. The third-order valence-corrected chi connectivity index (χ3v) is 3.31. The van der Waals surface area contributed by atoms with E-state index in [2.05, 4.69) is 0 Å². The first-order valence-electron chi connectivity index (χ1n) is 6.10. The Labute approximate surface area is 96.2 Å². The summed E-state index contributed by atoms with van der Waals surface area (Å²) in [5.74, 6) is 0.166. The SMILES string of the molecule is COCCOC1C(=O)CC1OC1CCCC1. The summed E-state index contributed by atoms with van der Waals surface area (Å²) >= 11 is 0. The number of ketones is 1. The molecule has 0 spiro atoms. The summed E-state index contributed by atoms with van der Waals surface area (Å²) in [7, 11) is 1.62. The fraction of sp³-hybridized carbons (Fsp3) is 0.917. The molecule has 0 heterocycles.